The van der Waals surface area contributed by atoms with Gasteiger partial charge in [-0.25, -0.2) is 0 Å². The first-order chi connectivity index (χ1) is 21.5. The molecule has 2 aliphatic rings. The van der Waals surface area contributed by atoms with Crippen LogP contribution in [0, 0.1) is 0 Å². The Morgan fingerprint density at radius 3 is 2.38 bits per heavy atom. The van der Waals surface area contributed by atoms with Gasteiger partial charge in [-0.15, -0.1) is 0 Å². The van der Waals surface area contributed by atoms with E-state index in [0.29, 0.717) is 67.5 Å². The Kier molecular flexibility index (Phi) is 9.77. The quantitative estimate of drug-likeness (QED) is 0.434. The number of aryl methyl sites for hydroxylation is 1. The van der Waals surface area contributed by atoms with Crippen LogP contribution in [0.25, 0.3) is 0 Å². The van der Waals surface area contributed by atoms with Gasteiger partial charge in [0.2, 0.25) is 0 Å². The fraction of sp³-hybridized carbons (Fsp3) is 0.471. The lowest BCUT2D eigenvalue weighted by atomic mass is 9.92. The summed E-state index contributed by atoms with van der Waals surface area (Å²) in [5.41, 5.74) is 3.65. The molecular weight excluding hydrogens is 570 g/mol. The number of amides is 3. The summed E-state index contributed by atoms with van der Waals surface area (Å²) in [5, 5.41) is 11.0. The van der Waals surface area contributed by atoms with E-state index >= 15 is 0 Å². The van der Waals surface area contributed by atoms with Gasteiger partial charge in [-0.3, -0.25) is 19.1 Å². The van der Waals surface area contributed by atoms with Crippen molar-refractivity contribution in [3.05, 3.63) is 71.0 Å². The molecule has 0 aliphatic carbocycles. The number of carbonyl (C=O) groups is 3. The van der Waals surface area contributed by atoms with Gasteiger partial charge in [0.1, 0.15) is 11.4 Å². The molecule has 3 amide bonds. The zero-order valence-corrected chi connectivity index (χ0v) is 27.1. The lowest BCUT2D eigenvalue weighted by Crippen LogP contribution is -2.36. The predicted octanol–water partition coefficient (Wildman–Crippen LogP) is 3.77. The number of carbonyl (C=O) groups excluding carboxylic acids is 3. The number of hydrogen-bond acceptors (Lipinski definition) is 7. The third-order valence-corrected chi connectivity index (χ3v) is 8.44. The number of nitrogens with zero attached hydrogens (tertiary/aromatic N) is 5. The summed E-state index contributed by atoms with van der Waals surface area (Å²) in [5.74, 6) is 0.195. The van der Waals surface area contributed by atoms with Crippen LogP contribution in [-0.2, 0) is 12.5 Å². The van der Waals surface area contributed by atoms with Crippen LogP contribution in [0.3, 0.4) is 0 Å². The highest BCUT2D eigenvalue weighted by Crippen LogP contribution is 2.30. The molecule has 2 N–H and O–H groups in total. The number of methoxy groups -OCH3 is 1. The van der Waals surface area contributed by atoms with Crippen LogP contribution >= 0.6 is 0 Å². The van der Waals surface area contributed by atoms with Crippen molar-refractivity contribution in [3.8, 4) is 5.75 Å². The molecule has 3 aromatic rings. The Morgan fingerprint density at radius 2 is 1.62 bits per heavy atom. The topological polar surface area (TPSA) is 112 Å². The number of anilines is 2. The molecule has 5 rings (SSSR count). The van der Waals surface area contributed by atoms with Crippen LogP contribution in [0.5, 0.6) is 5.75 Å². The Hall–Kier alpha value is -4.38. The molecule has 2 fully saturated rings. The summed E-state index contributed by atoms with van der Waals surface area (Å²) in [4.78, 5) is 46.5. The second-order valence-electron chi connectivity index (χ2n) is 12.7. The number of ether oxygens (including phenoxy) is 1. The van der Waals surface area contributed by atoms with E-state index in [4.69, 9.17) is 4.74 Å². The van der Waals surface area contributed by atoms with Gasteiger partial charge >= 0.3 is 0 Å². The largest absolute Gasteiger partial charge is 0.497 e. The average molecular weight is 616 g/mol. The van der Waals surface area contributed by atoms with Crippen molar-refractivity contribution >= 4 is 29.1 Å². The van der Waals surface area contributed by atoms with E-state index in [-0.39, 0.29) is 23.1 Å². The minimum atomic E-state index is -0.295. The number of benzene rings is 2. The Labute approximate surface area is 265 Å². The zero-order chi connectivity index (χ0) is 32.1. The maximum absolute atomic E-state index is 13.6. The lowest BCUT2D eigenvalue weighted by Gasteiger charge is -2.27. The van der Waals surface area contributed by atoms with Crippen LogP contribution < -0.4 is 20.3 Å². The molecule has 11 nitrogen and oxygen atoms in total. The van der Waals surface area contributed by atoms with Crippen LogP contribution in [0.1, 0.15) is 70.5 Å². The van der Waals surface area contributed by atoms with Crippen molar-refractivity contribution in [2.75, 3.05) is 69.7 Å². The molecule has 1 aromatic heterocycles. The second kappa shape index (κ2) is 13.7. The maximum atomic E-state index is 13.6. The van der Waals surface area contributed by atoms with E-state index in [1.165, 1.54) is 0 Å². The van der Waals surface area contributed by atoms with E-state index in [2.05, 4.69) is 41.4 Å². The molecule has 2 aromatic carbocycles. The van der Waals surface area contributed by atoms with E-state index < -0.39 is 0 Å². The fourth-order valence-electron chi connectivity index (χ4n) is 5.79. The second-order valence-corrected chi connectivity index (χ2v) is 12.7. The Morgan fingerprint density at radius 1 is 0.844 bits per heavy atom. The molecule has 240 valence electrons. The molecule has 0 unspecified atom stereocenters. The third-order valence-electron chi connectivity index (χ3n) is 8.44. The maximum Gasteiger partial charge on any atom is 0.272 e. The monoisotopic (exact) mass is 615 g/mol. The van der Waals surface area contributed by atoms with Gasteiger partial charge in [0.25, 0.3) is 17.7 Å². The van der Waals surface area contributed by atoms with Gasteiger partial charge in [0, 0.05) is 69.4 Å². The van der Waals surface area contributed by atoms with Crippen molar-refractivity contribution in [1.82, 2.24) is 24.9 Å². The SMILES string of the molecule is COc1cccc(C(=O)Nc2cc(C(=O)N3CCCNCC3)ccc2N2CCCN(C(=O)c3cc(C(C)(C)C)nn3C)CC2)c1. The van der Waals surface area contributed by atoms with Crippen molar-refractivity contribution in [3.63, 3.8) is 0 Å². The van der Waals surface area contributed by atoms with Crippen LogP contribution in [0.4, 0.5) is 11.4 Å². The van der Waals surface area contributed by atoms with E-state index in [1.54, 1.807) is 42.1 Å². The molecule has 0 bridgehead atoms. The van der Waals surface area contributed by atoms with Crippen LogP contribution in [-0.4, -0.2) is 96.8 Å². The van der Waals surface area contributed by atoms with Gasteiger partial charge in [-0.05, 0) is 61.9 Å². The molecular formula is C34H45N7O4. The van der Waals surface area contributed by atoms with Gasteiger partial charge < -0.3 is 30.1 Å². The van der Waals surface area contributed by atoms with E-state index in [1.807, 2.05) is 35.0 Å². The smallest absolute Gasteiger partial charge is 0.272 e. The summed E-state index contributed by atoms with van der Waals surface area (Å²) < 4.78 is 7.00. The third kappa shape index (κ3) is 7.47. The molecule has 2 saturated heterocycles. The first-order valence-electron chi connectivity index (χ1n) is 15.7. The summed E-state index contributed by atoms with van der Waals surface area (Å²) in [6, 6.07) is 14.4. The zero-order valence-electron chi connectivity index (χ0n) is 27.1. The molecule has 0 radical (unpaired) electrons. The van der Waals surface area contributed by atoms with Crippen LogP contribution in [0.15, 0.2) is 48.5 Å². The van der Waals surface area contributed by atoms with Crippen molar-refractivity contribution < 1.29 is 19.1 Å². The molecule has 11 heteroatoms. The number of rotatable bonds is 6. The first-order valence-corrected chi connectivity index (χ1v) is 15.7. The predicted molar refractivity (Wildman–Crippen MR) is 175 cm³/mol. The van der Waals surface area contributed by atoms with Gasteiger partial charge in [-0.2, -0.15) is 5.10 Å². The Bertz CT molecular complexity index is 1540. The number of nitrogens with one attached hydrogen (secondary N) is 2. The molecule has 3 heterocycles. The molecule has 0 saturated carbocycles. The Balaban J connectivity index is 1.39. The minimum Gasteiger partial charge on any atom is -0.497 e. The molecule has 2 aliphatic heterocycles. The summed E-state index contributed by atoms with van der Waals surface area (Å²) in [7, 11) is 3.38. The normalized spacial score (nSPS) is 16.2. The highest BCUT2D eigenvalue weighted by atomic mass is 16.5. The van der Waals surface area contributed by atoms with Gasteiger partial charge in [0.05, 0.1) is 24.2 Å². The number of hydrogen-bond donors (Lipinski definition) is 2. The fourth-order valence-corrected chi connectivity index (χ4v) is 5.79. The molecule has 0 spiro atoms. The summed E-state index contributed by atoms with van der Waals surface area (Å²) >= 11 is 0. The van der Waals surface area contributed by atoms with Crippen molar-refractivity contribution in [2.45, 2.75) is 39.0 Å². The van der Waals surface area contributed by atoms with Gasteiger partial charge in [-0.1, -0.05) is 26.8 Å². The number of aromatic nitrogens is 2. The summed E-state index contributed by atoms with van der Waals surface area (Å²) in [6.07, 6.45) is 1.64. The summed E-state index contributed by atoms with van der Waals surface area (Å²) in [6.45, 7) is 11.6. The van der Waals surface area contributed by atoms with Crippen molar-refractivity contribution in [2.24, 2.45) is 7.05 Å². The minimum absolute atomic E-state index is 0.0400. The van der Waals surface area contributed by atoms with E-state index in [9.17, 15) is 14.4 Å². The van der Waals surface area contributed by atoms with Crippen LogP contribution in [0.2, 0.25) is 0 Å². The lowest BCUT2D eigenvalue weighted by molar-refractivity contribution is 0.0752. The van der Waals surface area contributed by atoms with Gasteiger partial charge in [0.15, 0.2) is 0 Å². The molecule has 45 heavy (non-hydrogen) atoms. The highest BCUT2D eigenvalue weighted by molar-refractivity contribution is 6.07. The average Bonchev–Trinajstić information content (AvgIpc) is 3.20. The van der Waals surface area contributed by atoms with E-state index in [0.717, 1.165) is 37.3 Å². The molecule has 0 atom stereocenters. The first kappa shape index (κ1) is 32.0. The highest BCUT2D eigenvalue weighted by Gasteiger charge is 2.28. The van der Waals surface area contributed by atoms with Crippen molar-refractivity contribution in [1.29, 1.82) is 0 Å². The standard InChI is InChI=1S/C34H45N7O4/c1-34(2,3)30-23-29(38(4)37-30)33(44)41-17-8-16-39(19-20-41)28-12-11-25(32(43)40-15-7-13-35-14-18-40)22-27(28)36-31(42)24-9-6-10-26(21-24)45-5/h6,9-12,21-23,35H,7-8,13-20H2,1-5H3,(H,36,42).